The summed E-state index contributed by atoms with van der Waals surface area (Å²) in [5, 5.41) is 0. The van der Waals surface area contributed by atoms with Crippen molar-refractivity contribution in [2.75, 3.05) is 4.72 Å². The maximum atomic E-state index is 12.5. The van der Waals surface area contributed by atoms with Gasteiger partial charge >= 0.3 is 0 Å². The zero-order chi connectivity index (χ0) is 18.2. The standard InChI is InChI=1S/C19H21NO4S/c1-4-19(3)12-17(21)16-11-14(7-10-18(16)24-19)20-25(22,23)15-8-5-13(2)6-9-15/h5-11,20H,4,12H2,1-3H3. The lowest BCUT2D eigenvalue weighted by Gasteiger charge is -2.34. The second-order valence-electron chi connectivity index (χ2n) is 6.63. The van der Waals surface area contributed by atoms with Crippen molar-refractivity contribution in [3.63, 3.8) is 0 Å². The lowest BCUT2D eigenvalue weighted by molar-refractivity contribution is 0.0499. The molecule has 0 saturated carbocycles. The van der Waals surface area contributed by atoms with Gasteiger partial charge in [-0.15, -0.1) is 0 Å². The molecule has 0 amide bonds. The van der Waals surface area contributed by atoms with E-state index in [0.717, 1.165) is 12.0 Å². The molecule has 1 atom stereocenters. The fourth-order valence-corrected chi connectivity index (χ4v) is 3.81. The fourth-order valence-electron chi connectivity index (χ4n) is 2.77. The first-order chi connectivity index (χ1) is 11.7. The molecule has 3 rings (SSSR count). The van der Waals surface area contributed by atoms with E-state index in [1.807, 2.05) is 20.8 Å². The van der Waals surface area contributed by atoms with Crippen LogP contribution in [-0.2, 0) is 10.0 Å². The quantitative estimate of drug-likeness (QED) is 0.898. The van der Waals surface area contributed by atoms with E-state index in [4.69, 9.17) is 4.74 Å². The lowest BCUT2D eigenvalue weighted by Crippen LogP contribution is -2.38. The van der Waals surface area contributed by atoms with Gasteiger partial charge < -0.3 is 4.74 Å². The van der Waals surface area contributed by atoms with Crippen molar-refractivity contribution in [1.29, 1.82) is 0 Å². The molecule has 1 aliphatic rings. The van der Waals surface area contributed by atoms with Crippen molar-refractivity contribution in [3.8, 4) is 5.75 Å². The van der Waals surface area contributed by atoms with Gasteiger partial charge in [-0.25, -0.2) is 8.42 Å². The van der Waals surface area contributed by atoms with Crippen LogP contribution in [0, 0.1) is 6.92 Å². The van der Waals surface area contributed by atoms with Gasteiger partial charge in [0.25, 0.3) is 10.0 Å². The number of ether oxygens (including phenoxy) is 1. The van der Waals surface area contributed by atoms with Crippen LogP contribution >= 0.6 is 0 Å². The van der Waals surface area contributed by atoms with E-state index < -0.39 is 15.6 Å². The summed E-state index contributed by atoms with van der Waals surface area (Å²) in [7, 11) is -3.70. The molecule has 0 spiro atoms. The van der Waals surface area contributed by atoms with Gasteiger partial charge in [0, 0.05) is 5.69 Å². The number of rotatable bonds is 4. The highest BCUT2D eigenvalue weighted by Crippen LogP contribution is 2.36. The predicted octanol–water partition coefficient (Wildman–Crippen LogP) is 3.93. The number of Topliss-reactive ketones (excluding diaryl/α,β-unsaturated/α-hetero) is 1. The number of carbonyl (C=O) groups excluding carboxylic acids is 1. The van der Waals surface area contributed by atoms with Crippen molar-refractivity contribution >= 4 is 21.5 Å². The second kappa shape index (κ2) is 6.19. The molecule has 1 aliphatic heterocycles. The number of sulfonamides is 1. The summed E-state index contributed by atoms with van der Waals surface area (Å²) < 4.78 is 33.4. The monoisotopic (exact) mass is 359 g/mol. The largest absolute Gasteiger partial charge is 0.486 e. The lowest BCUT2D eigenvalue weighted by atomic mass is 9.89. The van der Waals surface area contributed by atoms with Gasteiger partial charge in [-0.3, -0.25) is 9.52 Å². The number of nitrogens with one attached hydrogen (secondary N) is 1. The van der Waals surface area contributed by atoms with Crippen LogP contribution in [-0.4, -0.2) is 19.8 Å². The molecule has 2 aromatic rings. The van der Waals surface area contributed by atoms with E-state index in [-0.39, 0.29) is 17.1 Å². The number of benzene rings is 2. The molecule has 5 nitrogen and oxygen atoms in total. The first-order valence-electron chi connectivity index (χ1n) is 8.18. The zero-order valence-corrected chi connectivity index (χ0v) is 15.3. The van der Waals surface area contributed by atoms with Crippen LogP contribution in [0.2, 0.25) is 0 Å². The Kier molecular flexibility index (Phi) is 4.33. The van der Waals surface area contributed by atoms with Gasteiger partial charge in [0.05, 0.1) is 16.9 Å². The molecular formula is C19H21NO4S. The van der Waals surface area contributed by atoms with Crippen molar-refractivity contribution < 1.29 is 17.9 Å². The number of anilines is 1. The first-order valence-corrected chi connectivity index (χ1v) is 9.66. The Morgan fingerprint density at radius 3 is 2.48 bits per heavy atom. The molecule has 0 radical (unpaired) electrons. The van der Waals surface area contributed by atoms with Crippen molar-refractivity contribution in [2.45, 2.75) is 44.1 Å². The van der Waals surface area contributed by atoms with Crippen LogP contribution < -0.4 is 9.46 Å². The Hall–Kier alpha value is -2.34. The van der Waals surface area contributed by atoms with Gasteiger partial charge in [0.15, 0.2) is 5.78 Å². The number of aryl methyl sites for hydroxylation is 1. The van der Waals surface area contributed by atoms with Crippen molar-refractivity contribution in [3.05, 3.63) is 53.6 Å². The van der Waals surface area contributed by atoms with E-state index in [1.165, 1.54) is 0 Å². The summed E-state index contributed by atoms with van der Waals surface area (Å²) in [6.45, 7) is 5.77. The van der Waals surface area contributed by atoms with E-state index in [1.54, 1.807) is 42.5 Å². The number of hydrogen-bond donors (Lipinski definition) is 1. The summed E-state index contributed by atoms with van der Waals surface area (Å²) in [5.74, 6) is 0.459. The molecular weight excluding hydrogens is 338 g/mol. The first kappa shape index (κ1) is 17.5. The Morgan fingerprint density at radius 2 is 1.84 bits per heavy atom. The number of ketones is 1. The van der Waals surface area contributed by atoms with Gasteiger partial charge in [0.1, 0.15) is 11.4 Å². The fraction of sp³-hybridized carbons (Fsp3) is 0.316. The Morgan fingerprint density at radius 1 is 1.16 bits per heavy atom. The van der Waals surface area contributed by atoms with E-state index in [0.29, 0.717) is 17.0 Å². The van der Waals surface area contributed by atoms with Crippen LogP contribution in [0.5, 0.6) is 5.75 Å². The Labute approximate surface area is 148 Å². The highest BCUT2D eigenvalue weighted by Gasteiger charge is 2.35. The number of hydrogen-bond acceptors (Lipinski definition) is 4. The molecule has 1 N–H and O–H groups in total. The summed E-state index contributed by atoms with van der Waals surface area (Å²) in [4.78, 5) is 12.6. The summed E-state index contributed by atoms with van der Waals surface area (Å²) in [6, 6.07) is 11.4. The normalized spacial score (nSPS) is 19.9. The highest BCUT2D eigenvalue weighted by atomic mass is 32.2. The van der Waals surface area contributed by atoms with Crippen LogP contribution in [0.4, 0.5) is 5.69 Å². The van der Waals surface area contributed by atoms with E-state index >= 15 is 0 Å². The molecule has 1 unspecified atom stereocenters. The highest BCUT2D eigenvalue weighted by molar-refractivity contribution is 7.92. The molecule has 2 aromatic carbocycles. The summed E-state index contributed by atoms with van der Waals surface area (Å²) in [6.07, 6.45) is 1.00. The molecule has 0 bridgehead atoms. The Balaban J connectivity index is 1.89. The van der Waals surface area contributed by atoms with Crippen molar-refractivity contribution in [2.24, 2.45) is 0 Å². The number of fused-ring (bicyclic) bond motifs is 1. The number of carbonyl (C=O) groups is 1. The third-order valence-electron chi connectivity index (χ3n) is 4.50. The maximum Gasteiger partial charge on any atom is 0.261 e. The molecule has 0 aromatic heterocycles. The predicted molar refractivity (Wildman–Crippen MR) is 96.7 cm³/mol. The van der Waals surface area contributed by atoms with Crippen LogP contribution in [0.15, 0.2) is 47.4 Å². The van der Waals surface area contributed by atoms with Crippen molar-refractivity contribution in [1.82, 2.24) is 0 Å². The van der Waals surface area contributed by atoms with Gasteiger partial charge in [-0.2, -0.15) is 0 Å². The molecule has 25 heavy (non-hydrogen) atoms. The van der Waals surface area contributed by atoms with Gasteiger partial charge in [0.2, 0.25) is 0 Å². The Bertz CT molecular complexity index is 919. The summed E-state index contributed by atoms with van der Waals surface area (Å²) >= 11 is 0. The molecule has 1 heterocycles. The maximum absolute atomic E-state index is 12.5. The molecule has 0 aliphatic carbocycles. The minimum atomic E-state index is -3.70. The van der Waals surface area contributed by atoms with E-state index in [2.05, 4.69) is 4.72 Å². The topological polar surface area (TPSA) is 72.5 Å². The minimum absolute atomic E-state index is 0.0398. The smallest absolute Gasteiger partial charge is 0.261 e. The second-order valence-corrected chi connectivity index (χ2v) is 8.32. The van der Waals surface area contributed by atoms with Gasteiger partial charge in [-0.05, 0) is 50.6 Å². The average Bonchev–Trinajstić information content (AvgIpc) is 2.55. The third kappa shape index (κ3) is 3.54. The SMILES string of the molecule is CCC1(C)CC(=O)c2cc(NS(=O)(=O)c3ccc(C)cc3)ccc2O1. The van der Waals surface area contributed by atoms with Crippen LogP contribution in [0.25, 0.3) is 0 Å². The van der Waals surface area contributed by atoms with Crippen LogP contribution in [0.3, 0.4) is 0 Å². The third-order valence-corrected chi connectivity index (χ3v) is 5.90. The van der Waals surface area contributed by atoms with Crippen LogP contribution in [0.1, 0.15) is 42.6 Å². The molecule has 132 valence electrons. The zero-order valence-electron chi connectivity index (χ0n) is 14.5. The average molecular weight is 359 g/mol. The molecule has 6 heteroatoms. The minimum Gasteiger partial charge on any atom is -0.486 e. The molecule has 0 fully saturated rings. The molecule has 0 saturated heterocycles. The summed E-state index contributed by atoms with van der Waals surface area (Å²) in [5.41, 5.74) is 1.23. The van der Waals surface area contributed by atoms with Gasteiger partial charge in [-0.1, -0.05) is 24.6 Å². The van der Waals surface area contributed by atoms with E-state index in [9.17, 15) is 13.2 Å².